The molecule has 0 fully saturated rings. The third-order valence-corrected chi connectivity index (χ3v) is 3.78. The number of nitrogens with one attached hydrogen (secondary N) is 1. The molecule has 3 atom stereocenters. The zero-order valence-corrected chi connectivity index (χ0v) is 10.6. The van der Waals surface area contributed by atoms with E-state index in [2.05, 4.69) is 31.3 Å². The van der Waals surface area contributed by atoms with E-state index < -0.39 is 0 Å². The molecule has 0 spiro atoms. The smallest absolute Gasteiger partial charge is 0.0786 e. The first kappa shape index (κ1) is 12.4. The minimum atomic E-state index is -0.382. The number of benzene rings is 1. The van der Waals surface area contributed by atoms with E-state index in [0.29, 0.717) is 12.5 Å². The van der Waals surface area contributed by atoms with Crippen LogP contribution in [0.1, 0.15) is 19.4 Å². The summed E-state index contributed by atoms with van der Waals surface area (Å²) in [5.74, 6) is 0.558. The fourth-order valence-corrected chi connectivity index (χ4v) is 2.64. The molecule has 3 heteroatoms. The lowest BCUT2D eigenvalue weighted by molar-refractivity contribution is 0.0704. The van der Waals surface area contributed by atoms with E-state index in [1.54, 1.807) is 0 Å². The van der Waals surface area contributed by atoms with Gasteiger partial charge in [0.05, 0.1) is 12.1 Å². The Balaban J connectivity index is 2.07. The molecule has 3 unspecified atom stereocenters. The molecule has 0 amide bonds. The second kappa shape index (κ2) is 5.07. The number of rotatable bonds is 4. The van der Waals surface area contributed by atoms with Crippen molar-refractivity contribution in [2.45, 2.75) is 32.4 Å². The Hall–Kier alpha value is -1.06. The van der Waals surface area contributed by atoms with E-state index in [1.807, 2.05) is 12.1 Å². The van der Waals surface area contributed by atoms with E-state index in [9.17, 15) is 5.11 Å². The highest BCUT2D eigenvalue weighted by molar-refractivity contribution is 5.56. The van der Waals surface area contributed by atoms with Crippen LogP contribution in [0.2, 0.25) is 0 Å². The van der Waals surface area contributed by atoms with Crippen molar-refractivity contribution in [1.29, 1.82) is 0 Å². The SMILES string of the molecule is CC(C)C(CN)C(O)C1Cc2ccccc2N1. The molecule has 0 aromatic heterocycles. The number of aliphatic hydroxyl groups excluding tert-OH is 1. The maximum absolute atomic E-state index is 10.4. The van der Waals surface area contributed by atoms with Crippen molar-refractivity contribution in [2.75, 3.05) is 11.9 Å². The Kier molecular flexibility index (Phi) is 3.69. The second-order valence-corrected chi connectivity index (χ2v) is 5.25. The predicted octanol–water partition coefficient (Wildman–Crippen LogP) is 1.61. The standard InChI is InChI=1S/C14H22N2O/c1-9(2)11(8-15)14(17)13-7-10-5-3-4-6-12(10)16-13/h3-6,9,11,13-14,16-17H,7-8,15H2,1-2H3. The molecule has 3 nitrogen and oxygen atoms in total. The van der Waals surface area contributed by atoms with E-state index in [-0.39, 0.29) is 18.1 Å². The Labute approximate surface area is 103 Å². The van der Waals surface area contributed by atoms with Crippen LogP contribution in [0.4, 0.5) is 5.69 Å². The predicted molar refractivity (Wildman–Crippen MR) is 70.9 cm³/mol. The summed E-state index contributed by atoms with van der Waals surface area (Å²) in [6, 6.07) is 8.33. The van der Waals surface area contributed by atoms with Crippen LogP contribution in [0.5, 0.6) is 0 Å². The third kappa shape index (κ3) is 2.45. The summed E-state index contributed by atoms with van der Waals surface area (Å²) in [6.45, 7) is 4.76. The molecule has 1 aliphatic rings. The summed E-state index contributed by atoms with van der Waals surface area (Å²) in [5.41, 5.74) is 8.20. The molecule has 94 valence electrons. The van der Waals surface area contributed by atoms with Crippen LogP contribution in [-0.2, 0) is 6.42 Å². The van der Waals surface area contributed by atoms with Crippen molar-refractivity contribution in [1.82, 2.24) is 0 Å². The fourth-order valence-electron chi connectivity index (χ4n) is 2.64. The number of anilines is 1. The highest BCUT2D eigenvalue weighted by Crippen LogP contribution is 2.29. The summed E-state index contributed by atoms with van der Waals surface area (Å²) in [5, 5.41) is 13.8. The van der Waals surface area contributed by atoms with Gasteiger partial charge in [-0.15, -0.1) is 0 Å². The van der Waals surface area contributed by atoms with Gasteiger partial charge >= 0.3 is 0 Å². The molecule has 1 aliphatic heterocycles. The molecule has 0 saturated heterocycles. The maximum Gasteiger partial charge on any atom is 0.0786 e. The molecule has 0 bridgehead atoms. The van der Waals surface area contributed by atoms with Crippen molar-refractivity contribution in [2.24, 2.45) is 17.6 Å². The Morgan fingerprint density at radius 1 is 1.41 bits per heavy atom. The monoisotopic (exact) mass is 234 g/mol. The molecule has 1 aromatic carbocycles. The number of para-hydroxylation sites is 1. The highest BCUT2D eigenvalue weighted by Gasteiger charge is 2.32. The molecule has 1 aromatic rings. The van der Waals surface area contributed by atoms with Gasteiger partial charge in [0.15, 0.2) is 0 Å². The van der Waals surface area contributed by atoms with Crippen molar-refractivity contribution in [3.05, 3.63) is 29.8 Å². The lowest BCUT2D eigenvalue weighted by Gasteiger charge is -2.29. The van der Waals surface area contributed by atoms with Crippen LogP contribution in [0.15, 0.2) is 24.3 Å². The van der Waals surface area contributed by atoms with Crippen LogP contribution in [0, 0.1) is 11.8 Å². The van der Waals surface area contributed by atoms with Crippen molar-refractivity contribution in [3.8, 4) is 0 Å². The average molecular weight is 234 g/mol. The van der Waals surface area contributed by atoms with Crippen molar-refractivity contribution >= 4 is 5.69 Å². The number of hydrogen-bond donors (Lipinski definition) is 3. The molecular weight excluding hydrogens is 212 g/mol. The topological polar surface area (TPSA) is 58.3 Å². The summed E-state index contributed by atoms with van der Waals surface area (Å²) in [7, 11) is 0. The first-order valence-electron chi connectivity index (χ1n) is 6.36. The summed E-state index contributed by atoms with van der Waals surface area (Å²) in [6.07, 6.45) is 0.507. The second-order valence-electron chi connectivity index (χ2n) is 5.25. The minimum absolute atomic E-state index is 0.100. The highest BCUT2D eigenvalue weighted by atomic mass is 16.3. The molecule has 0 saturated carbocycles. The lowest BCUT2D eigenvalue weighted by Crippen LogP contribution is -2.43. The molecule has 0 radical (unpaired) electrons. The van der Waals surface area contributed by atoms with E-state index in [0.717, 1.165) is 12.1 Å². The van der Waals surface area contributed by atoms with E-state index >= 15 is 0 Å². The number of fused-ring (bicyclic) bond motifs is 1. The quantitative estimate of drug-likeness (QED) is 0.742. The van der Waals surface area contributed by atoms with Gasteiger partial charge < -0.3 is 16.2 Å². The molecule has 1 heterocycles. The minimum Gasteiger partial charge on any atom is -0.391 e. The van der Waals surface area contributed by atoms with E-state index in [4.69, 9.17) is 5.73 Å². The van der Waals surface area contributed by atoms with Gasteiger partial charge in [-0.05, 0) is 30.5 Å². The van der Waals surface area contributed by atoms with Crippen LogP contribution < -0.4 is 11.1 Å². The van der Waals surface area contributed by atoms with Gasteiger partial charge in [-0.2, -0.15) is 0 Å². The van der Waals surface area contributed by atoms with Crippen molar-refractivity contribution < 1.29 is 5.11 Å². The molecule has 17 heavy (non-hydrogen) atoms. The first-order valence-corrected chi connectivity index (χ1v) is 6.36. The Morgan fingerprint density at radius 3 is 2.71 bits per heavy atom. The molecule has 4 N–H and O–H groups in total. The number of aliphatic hydroxyl groups is 1. The molecule has 2 rings (SSSR count). The zero-order chi connectivity index (χ0) is 12.4. The van der Waals surface area contributed by atoms with Crippen LogP contribution in [0.25, 0.3) is 0 Å². The van der Waals surface area contributed by atoms with Gasteiger partial charge in [0.2, 0.25) is 0 Å². The number of nitrogens with two attached hydrogens (primary N) is 1. The summed E-state index contributed by atoms with van der Waals surface area (Å²) >= 11 is 0. The largest absolute Gasteiger partial charge is 0.391 e. The van der Waals surface area contributed by atoms with Gasteiger partial charge in [-0.1, -0.05) is 32.0 Å². The van der Waals surface area contributed by atoms with Gasteiger partial charge in [-0.3, -0.25) is 0 Å². The lowest BCUT2D eigenvalue weighted by atomic mass is 9.86. The van der Waals surface area contributed by atoms with Crippen LogP contribution in [-0.4, -0.2) is 23.8 Å². The average Bonchev–Trinajstić information content (AvgIpc) is 2.72. The molecular formula is C14H22N2O. The van der Waals surface area contributed by atoms with Gasteiger partial charge in [0, 0.05) is 11.6 Å². The first-order chi connectivity index (χ1) is 8.13. The molecule has 0 aliphatic carbocycles. The van der Waals surface area contributed by atoms with Crippen LogP contribution in [0.3, 0.4) is 0 Å². The maximum atomic E-state index is 10.4. The number of hydrogen-bond acceptors (Lipinski definition) is 3. The van der Waals surface area contributed by atoms with Gasteiger partial charge in [0.25, 0.3) is 0 Å². The van der Waals surface area contributed by atoms with Gasteiger partial charge in [0.1, 0.15) is 0 Å². The normalized spacial score (nSPS) is 22.1. The fraction of sp³-hybridized carbons (Fsp3) is 0.571. The van der Waals surface area contributed by atoms with Crippen LogP contribution >= 0.6 is 0 Å². The van der Waals surface area contributed by atoms with E-state index in [1.165, 1.54) is 5.56 Å². The van der Waals surface area contributed by atoms with Crippen molar-refractivity contribution in [3.63, 3.8) is 0 Å². The summed E-state index contributed by atoms with van der Waals surface area (Å²) in [4.78, 5) is 0. The Bertz CT molecular complexity index is 353. The zero-order valence-electron chi connectivity index (χ0n) is 10.6. The Morgan fingerprint density at radius 2 is 2.12 bits per heavy atom. The third-order valence-electron chi connectivity index (χ3n) is 3.78. The summed E-state index contributed by atoms with van der Waals surface area (Å²) < 4.78 is 0. The van der Waals surface area contributed by atoms with Gasteiger partial charge in [-0.25, -0.2) is 0 Å².